The Morgan fingerprint density at radius 1 is 1.38 bits per heavy atom. The molecule has 1 amide bonds. The zero-order valence-electron chi connectivity index (χ0n) is 11.2. The van der Waals surface area contributed by atoms with Gasteiger partial charge in [-0.05, 0) is 24.3 Å². The molecule has 0 spiro atoms. The average Bonchev–Trinajstić information content (AvgIpc) is 2.80. The summed E-state index contributed by atoms with van der Waals surface area (Å²) >= 11 is 6.97. The van der Waals surface area contributed by atoms with Gasteiger partial charge in [0.25, 0.3) is 0 Å². The minimum Gasteiger partial charge on any atom is -0.466 e. The number of carbonyl (C=O) groups excluding carboxylic acids is 3. The first-order valence-electron chi connectivity index (χ1n) is 6.03. The highest BCUT2D eigenvalue weighted by Crippen LogP contribution is 2.29. The van der Waals surface area contributed by atoms with Crippen LogP contribution in [0.5, 0.6) is 0 Å². The molecule has 0 radical (unpaired) electrons. The van der Waals surface area contributed by atoms with Crippen LogP contribution in [0.25, 0.3) is 0 Å². The zero-order chi connectivity index (χ0) is 15.4. The van der Waals surface area contributed by atoms with E-state index in [1.807, 2.05) is 0 Å². The number of amides is 1. The van der Waals surface area contributed by atoms with E-state index >= 15 is 0 Å². The largest absolute Gasteiger partial charge is 0.466 e. The van der Waals surface area contributed by atoms with Gasteiger partial charge in [0.1, 0.15) is 0 Å². The standard InChI is InChI=1S/C14H12ClNO4S/c1-20-14(19)6-13-16(12(18)8-21-13)7-11(17)9-2-4-10(15)5-3-9/h2-6H,7-8H2,1H3/b13-6+. The van der Waals surface area contributed by atoms with Crippen molar-refractivity contribution in [3.05, 3.63) is 46.0 Å². The summed E-state index contributed by atoms with van der Waals surface area (Å²) in [5.74, 6) is -0.789. The fraction of sp³-hybridized carbons (Fsp3) is 0.214. The minimum absolute atomic E-state index is 0.115. The Hall–Kier alpha value is -1.79. The molecule has 1 aliphatic heterocycles. The average molecular weight is 326 g/mol. The molecule has 0 aromatic heterocycles. The summed E-state index contributed by atoms with van der Waals surface area (Å²) in [6, 6.07) is 6.42. The number of thioether (sulfide) groups is 1. The highest BCUT2D eigenvalue weighted by Gasteiger charge is 2.29. The van der Waals surface area contributed by atoms with Gasteiger partial charge in [-0.15, -0.1) is 0 Å². The summed E-state index contributed by atoms with van der Waals surface area (Å²) in [4.78, 5) is 36.5. The topological polar surface area (TPSA) is 63.7 Å². The van der Waals surface area contributed by atoms with Crippen LogP contribution in [0.4, 0.5) is 0 Å². The van der Waals surface area contributed by atoms with Gasteiger partial charge in [-0.3, -0.25) is 14.5 Å². The predicted molar refractivity (Wildman–Crippen MR) is 80.1 cm³/mol. The number of benzene rings is 1. The first kappa shape index (κ1) is 15.6. The fourth-order valence-electron chi connectivity index (χ4n) is 1.73. The summed E-state index contributed by atoms with van der Waals surface area (Å²) in [6.07, 6.45) is 1.21. The molecule has 1 aromatic carbocycles. The van der Waals surface area contributed by atoms with Crippen molar-refractivity contribution in [2.24, 2.45) is 0 Å². The lowest BCUT2D eigenvalue weighted by Crippen LogP contribution is -2.31. The number of esters is 1. The Labute approximate surface area is 130 Å². The molecular formula is C14H12ClNO4S. The quantitative estimate of drug-likeness (QED) is 0.482. The normalized spacial score (nSPS) is 16.4. The number of hydrogen-bond donors (Lipinski definition) is 0. The number of rotatable bonds is 4. The van der Waals surface area contributed by atoms with E-state index in [0.717, 1.165) is 0 Å². The van der Waals surface area contributed by atoms with Gasteiger partial charge < -0.3 is 4.74 Å². The molecule has 0 unspecified atom stereocenters. The third kappa shape index (κ3) is 3.86. The van der Waals surface area contributed by atoms with E-state index < -0.39 is 5.97 Å². The summed E-state index contributed by atoms with van der Waals surface area (Å²) in [5.41, 5.74) is 0.460. The third-order valence-electron chi connectivity index (χ3n) is 2.82. The second-order valence-corrected chi connectivity index (χ2v) is 5.64. The number of nitrogens with zero attached hydrogens (tertiary/aromatic N) is 1. The Morgan fingerprint density at radius 2 is 2.05 bits per heavy atom. The van der Waals surface area contributed by atoms with Crippen LogP contribution in [0.15, 0.2) is 35.4 Å². The maximum Gasteiger partial charge on any atom is 0.333 e. The van der Waals surface area contributed by atoms with E-state index in [0.29, 0.717) is 15.6 Å². The Morgan fingerprint density at radius 3 is 2.67 bits per heavy atom. The SMILES string of the molecule is COC(=O)/C=C1/SCC(=O)N1CC(=O)c1ccc(Cl)cc1. The Bertz CT molecular complexity index is 612. The maximum atomic E-state index is 12.2. The van der Waals surface area contributed by atoms with Crippen molar-refractivity contribution in [2.45, 2.75) is 0 Å². The molecule has 7 heteroatoms. The molecule has 1 saturated heterocycles. The highest BCUT2D eigenvalue weighted by atomic mass is 35.5. The van der Waals surface area contributed by atoms with E-state index in [1.54, 1.807) is 24.3 Å². The molecule has 1 aromatic rings. The molecule has 2 rings (SSSR count). The van der Waals surface area contributed by atoms with Crippen molar-refractivity contribution in [1.29, 1.82) is 0 Å². The van der Waals surface area contributed by atoms with Crippen LogP contribution in [0, 0.1) is 0 Å². The lowest BCUT2D eigenvalue weighted by Gasteiger charge is -2.15. The van der Waals surface area contributed by atoms with Gasteiger partial charge in [0, 0.05) is 10.6 Å². The summed E-state index contributed by atoms with van der Waals surface area (Å²) in [6.45, 7) is -0.115. The number of ether oxygens (including phenoxy) is 1. The predicted octanol–water partition coefficient (Wildman–Crippen LogP) is 2.11. The van der Waals surface area contributed by atoms with Crippen LogP contribution < -0.4 is 0 Å². The van der Waals surface area contributed by atoms with Gasteiger partial charge in [0.05, 0.1) is 30.5 Å². The van der Waals surface area contributed by atoms with E-state index in [-0.39, 0.29) is 24.0 Å². The van der Waals surface area contributed by atoms with Crippen molar-refractivity contribution < 1.29 is 19.1 Å². The summed E-state index contributed by atoms with van der Waals surface area (Å²) < 4.78 is 4.53. The maximum absolute atomic E-state index is 12.2. The molecule has 0 aliphatic carbocycles. The minimum atomic E-state index is -0.559. The number of methoxy groups -OCH3 is 1. The van der Waals surface area contributed by atoms with E-state index in [1.165, 1.54) is 29.8 Å². The first-order chi connectivity index (χ1) is 10.0. The van der Waals surface area contributed by atoms with E-state index in [4.69, 9.17) is 11.6 Å². The number of ketones is 1. The number of Topliss-reactive ketones (excluding diaryl/α,β-unsaturated/α-hetero) is 1. The van der Waals surface area contributed by atoms with Crippen molar-refractivity contribution in [1.82, 2.24) is 4.90 Å². The van der Waals surface area contributed by atoms with Crippen molar-refractivity contribution in [2.75, 3.05) is 19.4 Å². The van der Waals surface area contributed by atoms with Crippen molar-refractivity contribution in [3.63, 3.8) is 0 Å². The second kappa shape index (κ2) is 6.78. The summed E-state index contributed by atoms with van der Waals surface area (Å²) in [5, 5.41) is 0.958. The summed E-state index contributed by atoms with van der Waals surface area (Å²) in [7, 11) is 1.25. The van der Waals surface area contributed by atoms with Crippen LogP contribution in [0.3, 0.4) is 0 Å². The second-order valence-electron chi connectivity index (χ2n) is 4.20. The van der Waals surface area contributed by atoms with E-state index in [2.05, 4.69) is 4.74 Å². The van der Waals surface area contributed by atoms with Gasteiger partial charge in [0.15, 0.2) is 5.78 Å². The van der Waals surface area contributed by atoms with Crippen LogP contribution in [0.2, 0.25) is 5.02 Å². The molecule has 5 nitrogen and oxygen atoms in total. The van der Waals surface area contributed by atoms with Crippen LogP contribution in [0.1, 0.15) is 10.4 Å². The molecule has 0 bridgehead atoms. The fourth-order valence-corrected chi connectivity index (χ4v) is 2.79. The molecule has 110 valence electrons. The van der Waals surface area contributed by atoms with Crippen LogP contribution in [-0.4, -0.2) is 42.0 Å². The number of halogens is 1. The monoisotopic (exact) mass is 325 g/mol. The van der Waals surface area contributed by atoms with Gasteiger partial charge in [-0.2, -0.15) is 0 Å². The molecule has 0 atom stereocenters. The smallest absolute Gasteiger partial charge is 0.333 e. The zero-order valence-corrected chi connectivity index (χ0v) is 12.7. The molecule has 1 aliphatic rings. The highest BCUT2D eigenvalue weighted by molar-refractivity contribution is 8.04. The molecule has 0 saturated carbocycles. The van der Waals surface area contributed by atoms with Gasteiger partial charge in [-0.25, -0.2) is 4.79 Å². The molecule has 21 heavy (non-hydrogen) atoms. The van der Waals surface area contributed by atoms with Crippen molar-refractivity contribution in [3.8, 4) is 0 Å². The van der Waals surface area contributed by atoms with E-state index in [9.17, 15) is 14.4 Å². The molecule has 1 heterocycles. The van der Waals surface area contributed by atoms with Crippen LogP contribution >= 0.6 is 23.4 Å². The lowest BCUT2D eigenvalue weighted by molar-refractivity contribution is -0.134. The van der Waals surface area contributed by atoms with Crippen molar-refractivity contribution >= 4 is 41.0 Å². The third-order valence-corrected chi connectivity index (χ3v) is 4.10. The van der Waals surface area contributed by atoms with Crippen LogP contribution in [-0.2, 0) is 14.3 Å². The van der Waals surface area contributed by atoms with Gasteiger partial charge >= 0.3 is 5.97 Å². The number of carbonyl (C=O) groups is 3. The first-order valence-corrected chi connectivity index (χ1v) is 7.39. The Kier molecular flexibility index (Phi) is 5.03. The number of hydrogen-bond acceptors (Lipinski definition) is 5. The molecule has 1 fully saturated rings. The van der Waals surface area contributed by atoms with Gasteiger partial charge in [0.2, 0.25) is 5.91 Å². The molecular weight excluding hydrogens is 314 g/mol. The Balaban J connectivity index is 2.14. The molecule has 0 N–H and O–H groups in total. The van der Waals surface area contributed by atoms with Gasteiger partial charge in [-0.1, -0.05) is 23.4 Å². The lowest BCUT2D eigenvalue weighted by atomic mass is 10.1.